The smallest absolute Gasteiger partial charge is 0.182 e. The van der Waals surface area contributed by atoms with Gasteiger partial charge in [-0.3, -0.25) is 5.43 Å². The molecule has 0 unspecified atom stereocenters. The van der Waals surface area contributed by atoms with Crippen molar-refractivity contribution in [3.63, 3.8) is 0 Å². The minimum absolute atomic E-state index is 0.0261. The number of pyridine rings is 1. The van der Waals surface area contributed by atoms with E-state index in [2.05, 4.69) is 20.7 Å². The molecule has 0 spiro atoms. The fourth-order valence-corrected chi connectivity index (χ4v) is 0.722. The van der Waals surface area contributed by atoms with Gasteiger partial charge in [0, 0.05) is 6.20 Å². The van der Waals surface area contributed by atoms with Gasteiger partial charge in [0.1, 0.15) is 0 Å². The summed E-state index contributed by atoms with van der Waals surface area (Å²) >= 11 is 0. The van der Waals surface area contributed by atoms with Crippen LogP contribution >= 0.6 is 0 Å². The summed E-state index contributed by atoms with van der Waals surface area (Å²) in [6.07, 6.45) is 2.56. The van der Waals surface area contributed by atoms with Crippen molar-refractivity contribution in [1.82, 2.24) is 4.98 Å². The highest BCUT2D eigenvalue weighted by Gasteiger charge is 1.98. The maximum absolute atomic E-state index is 12.9. The van der Waals surface area contributed by atoms with Gasteiger partial charge in [0.2, 0.25) is 0 Å². The average Bonchev–Trinajstić information content (AvgIpc) is 2.17. The Kier molecular flexibility index (Phi) is 3.54. The monoisotopic (exact) mass is 196 g/mol. The molecule has 2 N–H and O–H groups in total. The zero-order chi connectivity index (χ0) is 10.4. The molecule has 1 aromatic rings. The van der Waals surface area contributed by atoms with E-state index in [-0.39, 0.29) is 5.82 Å². The van der Waals surface area contributed by atoms with Crippen LogP contribution in [-0.2, 0) is 0 Å². The van der Waals surface area contributed by atoms with E-state index in [1.54, 1.807) is 6.92 Å². The maximum atomic E-state index is 12.9. The number of hydrogen-bond acceptors (Lipinski definition) is 5. The number of anilines is 1. The molecule has 0 saturated heterocycles. The molecule has 0 amide bonds. The summed E-state index contributed by atoms with van der Waals surface area (Å²) in [5.74, 6) is -0.469. The van der Waals surface area contributed by atoms with Gasteiger partial charge in [-0.15, -0.1) is 0 Å². The Morgan fingerprint density at radius 1 is 1.71 bits per heavy atom. The van der Waals surface area contributed by atoms with Gasteiger partial charge in [-0.2, -0.15) is 5.10 Å². The molecular weight excluding hydrogens is 187 g/mol. The standard InChI is InChI=1S/C8H9FN4O/c1-6(5-11-14)12-13-8-7(9)3-2-4-10-8/h2-5,14H,1H3,(H,10,13)/b11-5?,12-6-. The van der Waals surface area contributed by atoms with E-state index in [1.807, 2.05) is 0 Å². The molecule has 0 aliphatic heterocycles. The van der Waals surface area contributed by atoms with Crippen LogP contribution in [-0.4, -0.2) is 22.1 Å². The quantitative estimate of drug-likeness (QED) is 0.437. The molecule has 6 heteroatoms. The fourth-order valence-electron chi connectivity index (χ4n) is 0.722. The summed E-state index contributed by atoms with van der Waals surface area (Å²) in [7, 11) is 0. The Hall–Kier alpha value is -1.98. The minimum Gasteiger partial charge on any atom is -0.411 e. The minimum atomic E-state index is -0.495. The molecular formula is C8H9FN4O. The van der Waals surface area contributed by atoms with E-state index >= 15 is 0 Å². The van der Waals surface area contributed by atoms with E-state index in [4.69, 9.17) is 5.21 Å². The predicted molar refractivity (Wildman–Crippen MR) is 51.2 cm³/mol. The van der Waals surface area contributed by atoms with Crippen molar-refractivity contribution < 1.29 is 9.60 Å². The number of aromatic nitrogens is 1. The Labute approximate surface area is 80.0 Å². The van der Waals surface area contributed by atoms with Crippen molar-refractivity contribution >= 4 is 17.7 Å². The van der Waals surface area contributed by atoms with Crippen LogP contribution in [0, 0.1) is 5.82 Å². The molecule has 0 fully saturated rings. The van der Waals surface area contributed by atoms with E-state index in [0.717, 1.165) is 6.21 Å². The van der Waals surface area contributed by atoms with Crippen LogP contribution in [0.5, 0.6) is 0 Å². The number of halogens is 1. The van der Waals surface area contributed by atoms with Crippen molar-refractivity contribution in [3.8, 4) is 0 Å². The van der Waals surface area contributed by atoms with E-state index in [0.29, 0.717) is 5.71 Å². The first-order valence-electron chi connectivity index (χ1n) is 3.82. The van der Waals surface area contributed by atoms with Crippen molar-refractivity contribution in [1.29, 1.82) is 0 Å². The van der Waals surface area contributed by atoms with Crippen molar-refractivity contribution in [2.75, 3.05) is 5.43 Å². The third-order valence-electron chi connectivity index (χ3n) is 1.34. The molecule has 1 rings (SSSR count). The molecule has 74 valence electrons. The Bertz CT molecular complexity index is 364. The largest absolute Gasteiger partial charge is 0.411 e. The number of oxime groups is 1. The summed E-state index contributed by atoms with van der Waals surface area (Å²) in [6, 6.07) is 2.74. The SMILES string of the molecule is C/C(C=NO)=N/Nc1ncccc1F. The predicted octanol–water partition coefficient (Wildman–Crippen LogP) is 1.47. The third kappa shape index (κ3) is 2.81. The number of rotatable bonds is 3. The molecule has 0 radical (unpaired) electrons. The third-order valence-corrected chi connectivity index (χ3v) is 1.34. The highest BCUT2D eigenvalue weighted by atomic mass is 19.1. The molecule has 1 heterocycles. The Morgan fingerprint density at radius 3 is 3.14 bits per heavy atom. The van der Waals surface area contributed by atoms with Crippen molar-refractivity contribution in [2.45, 2.75) is 6.92 Å². The summed E-state index contributed by atoms with van der Waals surface area (Å²) in [5.41, 5.74) is 2.80. The first-order valence-corrected chi connectivity index (χ1v) is 3.82. The summed E-state index contributed by atoms with van der Waals surface area (Å²) in [6.45, 7) is 1.59. The fraction of sp³-hybridized carbons (Fsp3) is 0.125. The van der Waals surface area contributed by atoms with Crippen LogP contribution in [0.25, 0.3) is 0 Å². The van der Waals surface area contributed by atoms with Gasteiger partial charge in [0.25, 0.3) is 0 Å². The molecule has 14 heavy (non-hydrogen) atoms. The molecule has 0 aliphatic rings. The normalized spacial score (nSPS) is 12.0. The Morgan fingerprint density at radius 2 is 2.50 bits per heavy atom. The van der Waals surface area contributed by atoms with Crippen LogP contribution in [0.3, 0.4) is 0 Å². The van der Waals surface area contributed by atoms with Crippen LogP contribution < -0.4 is 5.43 Å². The van der Waals surface area contributed by atoms with E-state index in [9.17, 15) is 4.39 Å². The van der Waals surface area contributed by atoms with Crippen LogP contribution in [0.15, 0.2) is 28.6 Å². The summed E-state index contributed by atoms with van der Waals surface area (Å²) in [5, 5.41) is 14.6. The topological polar surface area (TPSA) is 69.9 Å². The number of nitrogens with one attached hydrogen (secondary N) is 1. The molecule has 5 nitrogen and oxygen atoms in total. The lowest BCUT2D eigenvalue weighted by Crippen LogP contribution is -2.01. The second-order valence-corrected chi connectivity index (χ2v) is 2.44. The van der Waals surface area contributed by atoms with Gasteiger partial charge in [0.15, 0.2) is 11.6 Å². The van der Waals surface area contributed by atoms with E-state index in [1.165, 1.54) is 18.3 Å². The van der Waals surface area contributed by atoms with Gasteiger partial charge in [0.05, 0.1) is 11.9 Å². The molecule has 0 bridgehead atoms. The lowest BCUT2D eigenvalue weighted by molar-refractivity contribution is 0.322. The highest BCUT2D eigenvalue weighted by molar-refractivity contribution is 6.29. The highest BCUT2D eigenvalue weighted by Crippen LogP contribution is 2.07. The first kappa shape index (κ1) is 10.1. The second-order valence-electron chi connectivity index (χ2n) is 2.44. The number of nitrogens with zero attached hydrogens (tertiary/aromatic N) is 3. The summed E-state index contributed by atoms with van der Waals surface area (Å²) < 4.78 is 12.9. The average molecular weight is 196 g/mol. The zero-order valence-electron chi connectivity index (χ0n) is 7.48. The van der Waals surface area contributed by atoms with Crippen molar-refractivity contribution in [2.24, 2.45) is 10.3 Å². The van der Waals surface area contributed by atoms with Gasteiger partial charge in [-0.1, -0.05) is 5.16 Å². The van der Waals surface area contributed by atoms with Crippen LogP contribution in [0.2, 0.25) is 0 Å². The van der Waals surface area contributed by atoms with Gasteiger partial charge in [-0.05, 0) is 19.1 Å². The lowest BCUT2D eigenvalue weighted by Gasteiger charge is -1.99. The second kappa shape index (κ2) is 4.90. The molecule has 0 atom stereocenters. The number of hydrogen-bond donors (Lipinski definition) is 2. The molecule has 0 aliphatic carbocycles. The van der Waals surface area contributed by atoms with Gasteiger partial charge < -0.3 is 5.21 Å². The number of hydrazone groups is 1. The zero-order valence-corrected chi connectivity index (χ0v) is 7.48. The van der Waals surface area contributed by atoms with Crippen LogP contribution in [0.1, 0.15) is 6.92 Å². The van der Waals surface area contributed by atoms with Gasteiger partial charge in [-0.25, -0.2) is 9.37 Å². The molecule has 0 saturated carbocycles. The van der Waals surface area contributed by atoms with Crippen LogP contribution in [0.4, 0.5) is 10.2 Å². The van der Waals surface area contributed by atoms with Crippen molar-refractivity contribution in [3.05, 3.63) is 24.1 Å². The van der Waals surface area contributed by atoms with Gasteiger partial charge >= 0.3 is 0 Å². The molecule has 0 aromatic carbocycles. The summed E-state index contributed by atoms with van der Waals surface area (Å²) in [4.78, 5) is 3.71. The maximum Gasteiger partial charge on any atom is 0.182 e. The molecule has 1 aromatic heterocycles. The Balaban J connectivity index is 2.71. The van der Waals surface area contributed by atoms with E-state index < -0.39 is 5.82 Å². The lowest BCUT2D eigenvalue weighted by atomic mass is 10.4. The first-order chi connectivity index (χ1) is 6.74.